The predicted molar refractivity (Wildman–Crippen MR) is 141 cm³/mol. The number of carbonyl (C=O) groups is 2. The lowest BCUT2D eigenvalue weighted by Gasteiger charge is -2.37. The number of hydrogen-bond donors (Lipinski definition) is 1. The Kier molecular flexibility index (Phi) is 6.42. The summed E-state index contributed by atoms with van der Waals surface area (Å²) in [4.78, 5) is 40.6. The van der Waals surface area contributed by atoms with Gasteiger partial charge in [0.2, 0.25) is 0 Å². The van der Waals surface area contributed by atoms with Gasteiger partial charge in [0.1, 0.15) is 5.75 Å². The van der Waals surface area contributed by atoms with Crippen LogP contribution < -0.4 is 4.74 Å². The number of hydrogen-bond acceptors (Lipinski definition) is 5. The number of nitrogens with one attached hydrogen (secondary N) is 1. The van der Waals surface area contributed by atoms with Crippen LogP contribution in [0.4, 0.5) is 4.79 Å². The van der Waals surface area contributed by atoms with Crippen molar-refractivity contribution in [1.82, 2.24) is 24.7 Å². The van der Waals surface area contributed by atoms with Gasteiger partial charge in [0.15, 0.2) is 5.78 Å². The standard InChI is InChI=1S/C29H33N5O3/c1-32-11-13-33(14-12-32)29(36)34-17-24-27(25(35)18-34)23(15-20-5-3-2-4-6-20)28(31-24)22-9-10-30-16-26(22)37-19-21-7-8-21/h2-6,9-10,16,21,31H,7-8,11-15,17-19H2,1H3. The second-order valence-electron chi connectivity index (χ2n) is 10.5. The number of amides is 2. The summed E-state index contributed by atoms with van der Waals surface area (Å²) in [6.07, 6.45) is 6.55. The number of aromatic amines is 1. The van der Waals surface area contributed by atoms with Gasteiger partial charge in [-0.2, -0.15) is 0 Å². The third-order valence-corrected chi connectivity index (χ3v) is 7.64. The second kappa shape index (κ2) is 10.0. The van der Waals surface area contributed by atoms with Gasteiger partial charge in [0.05, 0.1) is 31.6 Å². The number of ketones is 1. The van der Waals surface area contributed by atoms with Crippen molar-refractivity contribution < 1.29 is 14.3 Å². The minimum atomic E-state index is -0.0646. The summed E-state index contributed by atoms with van der Waals surface area (Å²) in [7, 11) is 2.06. The molecule has 192 valence electrons. The molecule has 8 nitrogen and oxygen atoms in total. The maximum absolute atomic E-state index is 13.6. The molecule has 3 aliphatic rings. The zero-order valence-electron chi connectivity index (χ0n) is 21.3. The smallest absolute Gasteiger partial charge is 0.320 e. The third kappa shape index (κ3) is 4.98. The van der Waals surface area contributed by atoms with Crippen LogP contribution in [-0.2, 0) is 13.0 Å². The van der Waals surface area contributed by atoms with Crippen molar-refractivity contribution in [3.05, 3.63) is 71.2 Å². The molecule has 0 spiro atoms. The molecule has 1 saturated carbocycles. The molecule has 2 fully saturated rings. The quantitative estimate of drug-likeness (QED) is 0.558. The highest BCUT2D eigenvalue weighted by Gasteiger charge is 2.35. The average Bonchev–Trinajstić information content (AvgIpc) is 3.68. The minimum absolute atomic E-state index is 0.0216. The van der Waals surface area contributed by atoms with Crippen LogP contribution in [0.15, 0.2) is 48.8 Å². The van der Waals surface area contributed by atoms with E-state index in [1.54, 1.807) is 17.3 Å². The number of carbonyl (C=O) groups excluding carboxylic acids is 2. The van der Waals surface area contributed by atoms with Gasteiger partial charge in [-0.3, -0.25) is 9.78 Å². The molecule has 1 aromatic carbocycles. The van der Waals surface area contributed by atoms with Crippen molar-refractivity contribution in [2.24, 2.45) is 5.92 Å². The molecule has 1 N–H and O–H groups in total. The Bertz CT molecular complexity index is 1290. The molecule has 0 radical (unpaired) electrons. The van der Waals surface area contributed by atoms with Gasteiger partial charge in [0, 0.05) is 55.6 Å². The highest BCUT2D eigenvalue weighted by molar-refractivity contribution is 6.04. The number of piperazine rings is 1. The number of nitrogens with zero attached hydrogens (tertiary/aromatic N) is 4. The van der Waals surface area contributed by atoms with Crippen molar-refractivity contribution >= 4 is 11.8 Å². The molecule has 6 rings (SSSR count). The Hall–Kier alpha value is -3.65. The van der Waals surface area contributed by atoms with Crippen LogP contribution in [0, 0.1) is 5.92 Å². The van der Waals surface area contributed by atoms with Crippen molar-refractivity contribution in [1.29, 1.82) is 0 Å². The van der Waals surface area contributed by atoms with Gasteiger partial charge in [0.25, 0.3) is 0 Å². The molecular weight excluding hydrogens is 466 g/mol. The molecule has 0 bridgehead atoms. The number of aromatic nitrogens is 2. The zero-order chi connectivity index (χ0) is 25.4. The lowest BCUT2D eigenvalue weighted by Crippen LogP contribution is -2.53. The fourth-order valence-electron chi connectivity index (χ4n) is 5.28. The zero-order valence-corrected chi connectivity index (χ0v) is 21.3. The largest absolute Gasteiger partial charge is 0.491 e. The summed E-state index contributed by atoms with van der Waals surface area (Å²) in [5.41, 5.74) is 5.38. The molecule has 1 aliphatic carbocycles. The van der Waals surface area contributed by atoms with Crippen molar-refractivity contribution in [2.75, 3.05) is 46.4 Å². The molecule has 2 aliphatic heterocycles. The number of H-pyrrole nitrogens is 1. The van der Waals surface area contributed by atoms with Crippen molar-refractivity contribution in [2.45, 2.75) is 25.8 Å². The number of rotatable bonds is 6. The van der Waals surface area contributed by atoms with Crippen LogP contribution in [-0.4, -0.2) is 82.9 Å². The van der Waals surface area contributed by atoms with Crippen LogP contribution in [0.2, 0.25) is 0 Å². The molecule has 0 atom stereocenters. The van der Waals surface area contributed by atoms with Crippen LogP contribution in [0.5, 0.6) is 5.75 Å². The van der Waals surface area contributed by atoms with Crippen molar-refractivity contribution in [3.63, 3.8) is 0 Å². The lowest BCUT2D eigenvalue weighted by molar-refractivity contribution is 0.0857. The summed E-state index contributed by atoms with van der Waals surface area (Å²) in [6.45, 7) is 4.22. The molecule has 2 amide bonds. The number of pyridine rings is 1. The van der Waals surface area contributed by atoms with Gasteiger partial charge in [-0.05, 0) is 43.0 Å². The van der Waals surface area contributed by atoms with E-state index in [4.69, 9.17) is 4.74 Å². The Labute approximate surface area is 217 Å². The fraction of sp³-hybridized carbons (Fsp3) is 0.414. The van der Waals surface area contributed by atoms with E-state index in [-0.39, 0.29) is 18.4 Å². The lowest BCUT2D eigenvalue weighted by atomic mass is 9.93. The minimum Gasteiger partial charge on any atom is -0.491 e. The summed E-state index contributed by atoms with van der Waals surface area (Å²) in [6, 6.07) is 12.1. The summed E-state index contributed by atoms with van der Waals surface area (Å²) in [5.74, 6) is 1.32. The number of ether oxygens (including phenoxy) is 1. The average molecular weight is 500 g/mol. The van der Waals surface area contributed by atoms with E-state index >= 15 is 0 Å². The number of Topliss-reactive ketones (excluding diaryl/α,β-unsaturated/α-hetero) is 1. The van der Waals surface area contributed by atoms with Gasteiger partial charge < -0.3 is 24.4 Å². The SMILES string of the molecule is CN1CCN(C(=O)N2CC(=O)c3c([nH]c(-c4ccncc4OCC4CC4)c3Cc3ccccc3)C2)CC1. The van der Waals surface area contributed by atoms with Crippen LogP contribution in [0.25, 0.3) is 11.3 Å². The number of likely N-dealkylation sites (N-methyl/N-ethyl adjacent to an activating group) is 1. The molecule has 2 aromatic heterocycles. The topological polar surface area (TPSA) is 81.8 Å². The molecule has 4 heterocycles. The first kappa shape index (κ1) is 23.7. The Morgan fingerprint density at radius 3 is 2.59 bits per heavy atom. The predicted octanol–water partition coefficient (Wildman–Crippen LogP) is 3.82. The number of benzene rings is 1. The molecule has 37 heavy (non-hydrogen) atoms. The van der Waals surface area contributed by atoms with Crippen LogP contribution >= 0.6 is 0 Å². The highest BCUT2D eigenvalue weighted by Crippen LogP contribution is 2.38. The van der Waals surface area contributed by atoms with Crippen molar-refractivity contribution in [3.8, 4) is 17.0 Å². The van der Waals surface area contributed by atoms with Gasteiger partial charge >= 0.3 is 6.03 Å². The summed E-state index contributed by atoms with van der Waals surface area (Å²) < 4.78 is 6.18. The Morgan fingerprint density at radius 2 is 1.84 bits per heavy atom. The molecule has 3 aromatic rings. The number of urea groups is 1. The van der Waals surface area contributed by atoms with E-state index < -0.39 is 0 Å². The molecule has 0 unspecified atom stereocenters. The first-order chi connectivity index (χ1) is 18.1. The maximum Gasteiger partial charge on any atom is 0.320 e. The monoisotopic (exact) mass is 499 g/mol. The van der Waals surface area contributed by atoms with Gasteiger partial charge in [-0.1, -0.05) is 30.3 Å². The molecule has 8 heteroatoms. The first-order valence-corrected chi connectivity index (χ1v) is 13.2. The summed E-state index contributed by atoms with van der Waals surface area (Å²) >= 11 is 0. The van der Waals surface area contributed by atoms with Crippen LogP contribution in [0.1, 0.15) is 40.0 Å². The Morgan fingerprint density at radius 1 is 1.05 bits per heavy atom. The maximum atomic E-state index is 13.6. The van der Waals surface area contributed by atoms with Gasteiger partial charge in [-0.25, -0.2) is 4.79 Å². The first-order valence-electron chi connectivity index (χ1n) is 13.2. The van der Waals surface area contributed by atoms with Crippen LogP contribution in [0.3, 0.4) is 0 Å². The Balaban J connectivity index is 1.36. The number of fused-ring (bicyclic) bond motifs is 1. The fourth-order valence-corrected chi connectivity index (χ4v) is 5.28. The highest BCUT2D eigenvalue weighted by atomic mass is 16.5. The molecular formula is C29H33N5O3. The molecule has 1 saturated heterocycles. The van der Waals surface area contributed by atoms with E-state index in [1.807, 2.05) is 29.2 Å². The van der Waals surface area contributed by atoms with E-state index in [9.17, 15) is 9.59 Å². The second-order valence-corrected chi connectivity index (χ2v) is 10.5. The van der Waals surface area contributed by atoms with E-state index in [2.05, 4.69) is 34.0 Å². The summed E-state index contributed by atoms with van der Waals surface area (Å²) in [5, 5.41) is 0. The van der Waals surface area contributed by atoms with E-state index in [0.717, 1.165) is 46.9 Å². The van der Waals surface area contributed by atoms with Gasteiger partial charge in [-0.15, -0.1) is 0 Å². The van der Waals surface area contributed by atoms with E-state index in [1.165, 1.54) is 12.8 Å². The van der Waals surface area contributed by atoms with E-state index in [0.29, 0.717) is 44.1 Å². The third-order valence-electron chi connectivity index (χ3n) is 7.64. The normalized spacial score (nSPS) is 18.1.